The molecule has 1 atom stereocenters. The van der Waals surface area contributed by atoms with E-state index in [1.165, 1.54) is 5.56 Å². The zero-order valence-corrected chi connectivity index (χ0v) is 16.1. The van der Waals surface area contributed by atoms with E-state index in [9.17, 15) is 4.79 Å². The fourth-order valence-electron chi connectivity index (χ4n) is 3.85. The van der Waals surface area contributed by atoms with Crippen LogP contribution in [-0.2, 0) is 17.9 Å². The van der Waals surface area contributed by atoms with Gasteiger partial charge in [0.1, 0.15) is 0 Å². The standard InChI is InChI=1S/C24H23NO3/c1-27-21-13-12-18(14-22(21)28-2)23-20-11-7-6-10-19(20)16-25(24(23)26)15-17-8-4-3-5-9-17/h3-14,23H,15-16H2,1-2H3. The monoisotopic (exact) mass is 373 g/mol. The van der Waals surface area contributed by atoms with Gasteiger partial charge in [0.05, 0.1) is 20.1 Å². The van der Waals surface area contributed by atoms with Gasteiger partial charge >= 0.3 is 0 Å². The molecule has 3 aromatic rings. The summed E-state index contributed by atoms with van der Waals surface area (Å²) in [7, 11) is 3.22. The summed E-state index contributed by atoms with van der Waals surface area (Å²) in [4.78, 5) is 15.4. The lowest BCUT2D eigenvalue weighted by Crippen LogP contribution is -2.39. The van der Waals surface area contributed by atoms with Crippen molar-refractivity contribution < 1.29 is 14.3 Å². The third-order valence-electron chi connectivity index (χ3n) is 5.24. The average molecular weight is 373 g/mol. The van der Waals surface area contributed by atoms with Gasteiger partial charge in [0, 0.05) is 13.1 Å². The van der Waals surface area contributed by atoms with Crippen molar-refractivity contribution in [2.45, 2.75) is 19.0 Å². The third-order valence-corrected chi connectivity index (χ3v) is 5.24. The van der Waals surface area contributed by atoms with Crippen molar-refractivity contribution in [1.82, 2.24) is 4.90 Å². The molecule has 0 aliphatic carbocycles. The Morgan fingerprint density at radius 3 is 2.36 bits per heavy atom. The molecular weight excluding hydrogens is 350 g/mol. The summed E-state index contributed by atoms with van der Waals surface area (Å²) in [5, 5.41) is 0. The first-order valence-electron chi connectivity index (χ1n) is 9.33. The second-order valence-electron chi connectivity index (χ2n) is 6.93. The van der Waals surface area contributed by atoms with Gasteiger partial charge in [0.2, 0.25) is 5.91 Å². The third kappa shape index (κ3) is 3.33. The molecule has 142 valence electrons. The van der Waals surface area contributed by atoms with E-state index in [2.05, 4.69) is 24.3 Å². The summed E-state index contributed by atoms with van der Waals surface area (Å²) in [5.41, 5.74) is 4.27. The Kier molecular flexibility index (Phi) is 5.02. The van der Waals surface area contributed by atoms with E-state index in [4.69, 9.17) is 9.47 Å². The minimum Gasteiger partial charge on any atom is -0.493 e. The fourth-order valence-corrected chi connectivity index (χ4v) is 3.85. The van der Waals surface area contributed by atoms with E-state index in [0.29, 0.717) is 24.6 Å². The normalized spacial score (nSPS) is 15.9. The van der Waals surface area contributed by atoms with Crippen LogP contribution >= 0.6 is 0 Å². The number of nitrogens with zero attached hydrogens (tertiary/aromatic N) is 1. The topological polar surface area (TPSA) is 38.8 Å². The molecule has 3 aromatic carbocycles. The molecule has 0 bridgehead atoms. The number of amides is 1. The zero-order valence-electron chi connectivity index (χ0n) is 16.1. The molecule has 0 radical (unpaired) electrons. The van der Waals surface area contributed by atoms with Crippen LogP contribution in [0.5, 0.6) is 11.5 Å². The molecule has 1 heterocycles. The van der Waals surface area contributed by atoms with Crippen molar-refractivity contribution in [3.05, 3.63) is 95.1 Å². The summed E-state index contributed by atoms with van der Waals surface area (Å²) >= 11 is 0. The van der Waals surface area contributed by atoms with Gasteiger partial charge < -0.3 is 14.4 Å². The van der Waals surface area contributed by atoms with E-state index in [1.54, 1.807) is 14.2 Å². The number of hydrogen-bond acceptors (Lipinski definition) is 3. The lowest BCUT2D eigenvalue weighted by atomic mass is 9.83. The number of ether oxygens (including phenoxy) is 2. The first kappa shape index (κ1) is 18.1. The largest absolute Gasteiger partial charge is 0.493 e. The minimum atomic E-state index is -0.353. The van der Waals surface area contributed by atoms with Crippen LogP contribution in [0.15, 0.2) is 72.8 Å². The summed E-state index contributed by atoms with van der Waals surface area (Å²) in [6, 6.07) is 24.0. The van der Waals surface area contributed by atoms with Gasteiger partial charge in [0.15, 0.2) is 11.5 Å². The molecule has 0 N–H and O–H groups in total. The van der Waals surface area contributed by atoms with Gasteiger partial charge in [-0.05, 0) is 34.4 Å². The second-order valence-corrected chi connectivity index (χ2v) is 6.93. The van der Waals surface area contributed by atoms with Gasteiger partial charge in [-0.25, -0.2) is 0 Å². The number of carbonyl (C=O) groups is 1. The first-order chi connectivity index (χ1) is 13.7. The summed E-state index contributed by atoms with van der Waals surface area (Å²) in [6.45, 7) is 1.21. The van der Waals surface area contributed by atoms with Crippen molar-refractivity contribution >= 4 is 5.91 Å². The van der Waals surface area contributed by atoms with E-state index < -0.39 is 0 Å². The summed E-state index contributed by atoms with van der Waals surface area (Å²) in [5.74, 6) is 1.04. The van der Waals surface area contributed by atoms with Gasteiger partial charge in [-0.15, -0.1) is 0 Å². The van der Waals surface area contributed by atoms with E-state index in [0.717, 1.165) is 16.7 Å². The molecule has 4 heteroatoms. The van der Waals surface area contributed by atoms with Crippen LogP contribution in [0.25, 0.3) is 0 Å². The summed E-state index contributed by atoms with van der Waals surface area (Å²) < 4.78 is 10.8. The SMILES string of the molecule is COc1ccc(C2C(=O)N(Cc3ccccc3)Cc3ccccc32)cc1OC. The van der Waals surface area contributed by atoms with Gasteiger partial charge in [-0.3, -0.25) is 4.79 Å². The predicted octanol–water partition coefficient (Wildman–Crippen LogP) is 4.38. The van der Waals surface area contributed by atoms with Crippen LogP contribution in [0.1, 0.15) is 28.2 Å². The van der Waals surface area contributed by atoms with Crippen molar-refractivity contribution in [3.63, 3.8) is 0 Å². The highest BCUT2D eigenvalue weighted by Crippen LogP contribution is 2.38. The molecule has 4 nitrogen and oxygen atoms in total. The Balaban J connectivity index is 1.75. The van der Waals surface area contributed by atoms with Crippen LogP contribution in [0.4, 0.5) is 0 Å². The number of rotatable bonds is 5. The van der Waals surface area contributed by atoms with E-state index in [1.807, 2.05) is 53.4 Å². The molecule has 0 saturated heterocycles. The number of carbonyl (C=O) groups excluding carboxylic acids is 1. The van der Waals surface area contributed by atoms with E-state index in [-0.39, 0.29) is 11.8 Å². The van der Waals surface area contributed by atoms with Crippen LogP contribution < -0.4 is 9.47 Å². The Bertz CT molecular complexity index is 984. The Hall–Kier alpha value is -3.27. The number of methoxy groups -OCH3 is 2. The maximum atomic E-state index is 13.5. The van der Waals surface area contributed by atoms with Crippen LogP contribution in [-0.4, -0.2) is 25.0 Å². The Morgan fingerprint density at radius 2 is 1.61 bits per heavy atom. The Labute approximate surface area is 165 Å². The van der Waals surface area contributed by atoms with Crippen molar-refractivity contribution in [1.29, 1.82) is 0 Å². The van der Waals surface area contributed by atoms with E-state index >= 15 is 0 Å². The minimum absolute atomic E-state index is 0.106. The maximum absolute atomic E-state index is 13.5. The molecule has 0 aromatic heterocycles. The van der Waals surface area contributed by atoms with Crippen LogP contribution in [0, 0.1) is 0 Å². The van der Waals surface area contributed by atoms with Gasteiger partial charge in [-0.1, -0.05) is 60.7 Å². The lowest BCUT2D eigenvalue weighted by Gasteiger charge is -2.34. The highest BCUT2D eigenvalue weighted by Gasteiger charge is 2.34. The van der Waals surface area contributed by atoms with Crippen LogP contribution in [0.2, 0.25) is 0 Å². The molecule has 0 fully saturated rings. The van der Waals surface area contributed by atoms with Crippen LogP contribution in [0.3, 0.4) is 0 Å². The number of hydrogen-bond donors (Lipinski definition) is 0. The molecule has 28 heavy (non-hydrogen) atoms. The molecule has 0 saturated carbocycles. The van der Waals surface area contributed by atoms with Crippen molar-refractivity contribution in [2.75, 3.05) is 14.2 Å². The fraction of sp³-hybridized carbons (Fsp3) is 0.208. The predicted molar refractivity (Wildman–Crippen MR) is 109 cm³/mol. The van der Waals surface area contributed by atoms with Crippen molar-refractivity contribution in [3.8, 4) is 11.5 Å². The molecule has 1 aliphatic heterocycles. The molecule has 0 spiro atoms. The first-order valence-corrected chi connectivity index (χ1v) is 9.33. The van der Waals surface area contributed by atoms with Gasteiger partial charge in [0.25, 0.3) is 0 Å². The summed E-state index contributed by atoms with van der Waals surface area (Å²) in [6.07, 6.45) is 0. The maximum Gasteiger partial charge on any atom is 0.235 e. The highest BCUT2D eigenvalue weighted by molar-refractivity contribution is 5.89. The molecule has 1 amide bonds. The highest BCUT2D eigenvalue weighted by atomic mass is 16.5. The van der Waals surface area contributed by atoms with Crippen molar-refractivity contribution in [2.24, 2.45) is 0 Å². The molecule has 4 rings (SSSR count). The molecule has 1 unspecified atom stereocenters. The Morgan fingerprint density at radius 1 is 0.893 bits per heavy atom. The molecular formula is C24H23NO3. The number of benzene rings is 3. The second kappa shape index (κ2) is 7.77. The zero-order chi connectivity index (χ0) is 19.5. The lowest BCUT2D eigenvalue weighted by molar-refractivity contribution is -0.134. The smallest absolute Gasteiger partial charge is 0.235 e. The molecule has 1 aliphatic rings. The quantitative estimate of drug-likeness (QED) is 0.666. The average Bonchev–Trinajstić information content (AvgIpc) is 2.74. The van der Waals surface area contributed by atoms with Gasteiger partial charge in [-0.2, -0.15) is 0 Å². The number of fused-ring (bicyclic) bond motifs is 1.